The summed E-state index contributed by atoms with van der Waals surface area (Å²) in [6.07, 6.45) is 1.53. The molecule has 3 rings (SSSR count). The predicted molar refractivity (Wildman–Crippen MR) is 95.5 cm³/mol. The van der Waals surface area contributed by atoms with Crippen molar-refractivity contribution in [1.82, 2.24) is 19.6 Å². The smallest absolute Gasteiger partial charge is 0.273 e. The van der Waals surface area contributed by atoms with E-state index in [1.165, 1.54) is 6.20 Å². The Balaban J connectivity index is 1.62. The molecule has 5 nitrogen and oxygen atoms in total. The molecule has 0 bridgehead atoms. The van der Waals surface area contributed by atoms with Crippen LogP contribution in [0.2, 0.25) is 10.0 Å². The fourth-order valence-corrected chi connectivity index (χ4v) is 3.36. The summed E-state index contributed by atoms with van der Waals surface area (Å²) in [7, 11) is 0. The number of piperazine rings is 1. The van der Waals surface area contributed by atoms with Crippen LogP contribution in [-0.4, -0.2) is 51.7 Å². The van der Waals surface area contributed by atoms with Gasteiger partial charge in [0.15, 0.2) is 0 Å². The van der Waals surface area contributed by atoms with Crippen LogP contribution in [0.4, 0.5) is 0 Å². The summed E-state index contributed by atoms with van der Waals surface area (Å²) in [5.41, 5.74) is 1.60. The van der Waals surface area contributed by atoms with Crippen LogP contribution in [-0.2, 0) is 13.1 Å². The van der Waals surface area contributed by atoms with Crippen molar-refractivity contribution in [2.75, 3.05) is 26.2 Å². The number of hydrogen-bond acceptors (Lipinski definition) is 3. The predicted octanol–water partition coefficient (Wildman–Crippen LogP) is 3.17. The van der Waals surface area contributed by atoms with E-state index in [0.29, 0.717) is 30.4 Å². The maximum Gasteiger partial charge on any atom is 0.273 e. The van der Waals surface area contributed by atoms with Gasteiger partial charge < -0.3 is 4.90 Å². The molecule has 0 radical (unpaired) electrons. The lowest BCUT2D eigenvalue weighted by Crippen LogP contribution is -2.48. The second kappa shape index (κ2) is 7.55. The van der Waals surface area contributed by atoms with E-state index in [-0.39, 0.29) is 5.91 Å². The van der Waals surface area contributed by atoms with Crippen molar-refractivity contribution in [1.29, 1.82) is 0 Å². The molecule has 0 N–H and O–H groups in total. The Kier molecular flexibility index (Phi) is 5.43. The van der Waals surface area contributed by atoms with Crippen LogP contribution in [0.15, 0.2) is 30.5 Å². The van der Waals surface area contributed by atoms with E-state index in [1.54, 1.807) is 4.68 Å². The average molecular weight is 367 g/mol. The summed E-state index contributed by atoms with van der Waals surface area (Å²) in [6.45, 7) is 6.35. The molecule has 24 heavy (non-hydrogen) atoms. The van der Waals surface area contributed by atoms with Gasteiger partial charge in [0.2, 0.25) is 0 Å². The fourth-order valence-electron chi connectivity index (χ4n) is 2.94. The second-order valence-electron chi connectivity index (χ2n) is 5.82. The highest BCUT2D eigenvalue weighted by atomic mass is 35.5. The largest absolute Gasteiger partial charge is 0.335 e. The van der Waals surface area contributed by atoms with Gasteiger partial charge >= 0.3 is 0 Å². The number of halogens is 2. The van der Waals surface area contributed by atoms with Crippen molar-refractivity contribution in [2.45, 2.75) is 20.0 Å². The van der Waals surface area contributed by atoms with Crippen molar-refractivity contribution < 1.29 is 4.79 Å². The number of hydrogen-bond donors (Lipinski definition) is 0. The van der Waals surface area contributed by atoms with Crippen molar-refractivity contribution in [3.8, 4) is 0 Å². The Morgan fingerprint density at radius 3 is 2.50 bits per heavy atom. The maximum absolute atomic E-state index is 12.7. The number of amides is 1. The highest BCUT2D eigenvalue weighted by molar-refractivity contribution is 6.33. The highest BCUT2D eigenvalue weighted by Crippen LogP contribution is 2.20. The number of benzene rings is 1. The molecular weight excluding hydrogens is 347 g/mol. The van der Waals surface area contributed by atoms with Crippen LogP contribution in [0.5, 0.6) is 0 Å². The molecule has 1 saturated heterocycles. The zero-order valence-electron chi connectivity index (χ0n) is 13.6. The molecule has 2 aromatic rings. The fraction of sp³-hybridized carbons (Fsp3) is 0.412. The second-order valence-corrected chi connectivity index (χ2v) is 6.63. The lowest BCUT2D eigenvalue weighted by Gasteiger charge is -2.35. The summed E-state index contributed by atoms with van der Waals surface area (Å²) in [6, 6.07) is 7.88. The van der Waals surface area contributed by atoms with E-state index < -0.39 is 0 Å². The molecule has 0 spiro atoms. The Labute approximate surface area is 151 Å². The van der Waals surface area contributed by atoms with E-state index in [1.807, 2.05) is 36.1 Å². The van der Waals surface area contributed by atoms with E-state index in [4.69, 9.17) is 23.2 Å². The van der Waals surface area contributed by atoms with E-state index in [9.17, 15) is 4.79 Å². The van der Waals surface area contributed by atoms with E-state index in [2.05, 4.69) is 10.00 Å². The Morgan fingerprint density at radius 1 is 1.12 bits per heavy atom. The molecule has 1 aromatic heterocycles. The van der Waals surface area contributed by atoms with Gasteiger partial charge in [0.05, 0.1) is 11.2 Å². The first-order valence-corrected chi connectivity index (χ1v) is 8.82. The van der Waals surface area contributed by atoms with Gasteiger partial charge in [-0.05, 0) is 18.6 Å². The van der Waals surface area contributed by atoms with Gasteiger partial charge in [-0.15, -0.1) is 0 Å². The van der Waals surface area contributed by atoms with Crippen molar-refractivity contribution >= 4 is 29.1 Å². The molecule has 0 atom stereocenters. The third-order valence-electron chi connectivity index (χ3n) is 4.31. The first-order valence-electron chi connectivity index (χ1n) is 8.06. The Hall–Kier alpha value is -1.56. The van der Waals surface area contributed by atoms with Gasteiger partial charge in [0.1, 0.15) is 5.69 Å². The van der Waals surface area contributed by atoms with Crippen LogP contribution in [0.25, 0.3) is 0 Å². The molecule has 2 heterocycles. The van der Waals surface area contributed by atoms with E-state index >= 15 is 0 Å². The van der Waals surface area contributed by atoms with Gasteiger partial charge in [-0.25, -0.2) is 0 Å². The Bertz CT molecular complexity index is 723. The normalized spacial score (nSPS) is 15.7. The molecule has 0 saturated carbocycles. The number of nitrogens with zero attached hydrogens (tertiary/aromatic N) is 4. The molecule has 1 aromatic carbocycles. The first-order chi connectivity index (χ1) is 11.6. The molecule has 7 heteroatoms. The molecule has 0 unspecified atom stereocenters. The third kappa shape index (κ3) is 3.58. The van der Waals surface area contributed by atoms with Crippen LogP contribution in [0.3, 0.4) is 0 Å². The lowest BCUT2D eigenvalue weighted by molar-refractivity contribution is 0.0616. The number of carbonyl (C=O) groups excluding carboxylic acids is 1. The van der Waals surface area contributed by atoms with Crippen LogP contribution >= 0.6 is 23.2 Å². The standard InChI is InChI=1S/C17H20Cl2N4O/c1-2-23-16(15(19)11-20-23)17(24)22-9-7-21(8-10-22)12-13-5-3-4-6-14(13)18/h3-6,11H,2,7-10,12H2,1H3. The van der Waals surface area contributed by atoms with Gasteiger partial charge in [-0.1, -0.05) is 41.4 Å². The summed E-state index contributed by atoms with van der Waals surface area (Å²) in [5.74, 6) is -0.0447. The molecule has 1 fully saturated rings. The SMILES string of the molecule is CCn1ncc(Cl)c1C(=O)N1CCN(Cc2ccccc2Cl)CC1. The average Bonchev–Trinajstić information content (AvgIpc) is 2.98. The quantitative estimate of drug-likeness (QED) is 0.834. The minimum atomic E-state index is -0.0447. The zero-order chi connectivity index (χ0) is 17.1. The van der Waals surface area contributed by atoms with Crippen molar-refractivity contribution in [3.63, 3.8) is 0 Å². The number of aromatic nitrogens is 2. The van der Waals surface area contributed by atoms with E-state index in [0.717, 1.165) is 30.2 Å². The maximum atomic E-state index is 12.7. The Morgan fingerprint density at radius 2 is 1.83 bits per heavy atom. The van der Waals surface area contributed by atoms with Gasteiger partial charge in [0.25, 0.3) is 5.91 Å². The summed E-state index contributed by atoms with van der Waals surface area (Å²) < 4.78 is 1.65. The minimum absolute atomic E-state index is 0.0447. The molecule has 0 aliphatic carbocycles. The topological polar surface area (TPSA) is 41.4 Å². The molecule has 128 valence electrons. The number of carbonyl (C=O) groups is 1. The van der Waals surface area contributed by atoms with Crippen LogP contribution in [0, 0.1) is 0 Å². The minimum Gasteiger partial charge on any atom is -0.335 e. The lowest BCUT2D eigenvalue weighted by atomic mass is 10.2. The first kappa shape index (κ1) is 17.3. The summed E-state index contributed by atoms with van der Waals surface area (Å²) in [5, 5.41) is 5.35. The molecule has 1 amide bonds. The van der Waals surface area contributed by atoms with Gasteiger partial charge in [0, 0.05) is 44.3 Å². The molecular formula is C17H20Cl2N4O. The van der Waals surface area contributed by atoms with Gasteiger partial charge in [-0.2, -0.15) is 5.10 Å². The number of rotatable bonds is 4. The third-order valence-corrected chi connectivity index (χ3v) is 4.95. The monoisotopic (exact) mass is 366 g/mol. The zero-order valence-corrected chi connectivity index (χ0v) is 15.1. The highest BCUT2D eigenvalue weighted by Gasteiger charge is 2.26. The van der Waals surface area contributed by atoms with Crippen molar-refractivity contribution in [2.24, 2.45) is 0 Å². The van der Waals surface area contributed by atoms with Crippen molar-refractivity contribution in [3.05, 3.63) is 51.8 Å². The van der Waals surface area contributed by atoms with Crippen LogP contribution in [0.1, 0.15) is 23.0 Å². The summed E-state index contributed by atoms with van der Waals surface area (Å²) in [4.78, 5) is 16.9. The summed E-state index contributed by atoms with van der Waals surface area (Å²) >= 11 is 12.4. The van der Waals surface area contributed by atoms with Gasteiger partial charge in [-0.3, -0.25) is 14.4 Å². The number of aryl methyl sites for hydroxylation is 1. The molecule has 1 aliphatic rings. The van der Waals surface area contributed by atoms with Crippen LogP contribution < -0.4 is 0 Å². The molecule has 1 aliphatic heterocycles.